The van der Waals surface area contributed by atoms with Gasteiger partial charge in [-0.05, 0) is 38.1 Å². The van der Waals surface area contributed by atoms with E-state index in [1.165, 1.54) is 45.1 Å². The zero-order valence-electron chi connectivity index (χ0n) is 11.6. The van der Waals surface area contributed by atoms with Gasteiger partial charge >= 0.3 is 0 Å². The summed E-state index contributed by atoms with van der Waals surface area (Å²) in [6, 6.07) is 0.790. The van der Waals surface area contributed by atoms with Crippen molar-refractivity contribution < 1.29 is 9.59 Å². The Hall–Kier alpha value is -0.900. The van der Waals surface area contributed by atoms with Gasteiger partial charge in [-0.25, -0.2) is 0 Å². The SMILES string of the molecule is O=C1CC(=O)N(CC2CCCN(C3CCCC3)C2)C1. The third-order valence-electron chi connectivity index (χ3n) is 4.94. The molecule has 0 N–H and O–H groups in total. The van der Waals surface area contributed by atoms with Crippen LogP contribution in [0, 0.1) is 5.92 Å². The van der Waals surface area contributed by atoms with Crippen LogP contribution in [-0.4, -0.2) is 53.7 Å². The van der Waals surface area contributed by atoms with E-state index >= 15 is 0 Å². The minimum atomic E-state index is 0.0444. The first kappa shape index (κ1) is 13.1. The molecule has 2 heterocycles. The predicted octanol–water partition coefficient (Wildman–Crippen LogP) is 1.44. The number of rotatable bonds is 3. The molecule has 3 rings (SSSR count). The Bertz CT molecular complexity index is 363. The quantitative estimate of drug-likeness (QED) is 0.724. The summed E-state index contributed by atoms with van der Waals surface area (Å²) in [5.41, 5.74) is 0. The van der Waals surface area contributed by atoms with E-state index in [9.17, 15) is 9.59 Å². The van der Waals surface area contributed by atoms with Crippen molar-refractivity contribution in [2.45, 2.75) is 51.0 Å². The Morgan fingerprint density at radius 2 is 1.84 bits per heavy atom. The number of carbonyl (C=O) groups is 2. The Balaban J connectivity index is 1.53. The highest BCUT2D eigenvalue weighted by Crippen LogP contribution is 2.28. The molecule has 1 atom stereocenters. The number of Topliss-reactive ketones (excluding diaryl/α,β-unsaturated/α-hetero) is 1. The van der Waals surface area contributed by atoms with Crippen LogP contribution in [0.25, 0.3) is 0 Å². The first-order valence-corrected chi connectivity index (χ1v) is 7.76. The monoisotopic (exact) mass is 264 g/mol. The van der Waals surface area contributed by atoms with Crippen LogP contribution in [0.15, 0.2) is 0 Å². The van der Waals surface area contributed by atoms with Gasteiger partial charge in [-0.2, -0.15) is 0 Å². The topological polar surface area (TPSA) is 40.6 Å². The van der Waals surface area contributed by atoms with Crippen molar-refractivity contribution in [2.24, 2.45) is 5.92 Å². The van der Waals surface area contributed by atoms with Crippen molar-refractivity contribution in [3.05, 3.63) is 0 Å². The highest BCUT2D eigenvalue weighted by Gasteiger charge is 2.32. The maximum atomic E-state index is 11.7. The van der Waals surface area contributed by atoms with Crippen LogP contribution in [0.3, 0.4) is 0 Å². The molecule has 2 aliphatic heterocycles. The molecule has 4 heteroatoms. The maximum absolute atomic E-state index is 11.7. The van der Waals surface area contributed by atoms with Gasteiger partial charge < -0.3 is 9.80 Å². The second-order valence-electron chi connectivity index (χ2n) is 6.43. The highest BCUT2D eigenvalue weighted by atomic mass is 16.2. The van der Waals surface area contributed by atoms with Gasteiger partial charge in [-0.3, -0.25) is 9.59 Å². The van der Waals surface area contributed by atoms with Crippen molar-refractivity contribution >= 4 is 11.7 Å². The number of ketones is 1. The van der Waals surface area contributed by atoms with Crippen molar-refractivity contribution in [3.8, 4) is 0 Å². The molecule has 0 spiro atoms. The standard InChI is InChI=1S/C15H24N2O2/c18-14-8-15(19)17(11-14)10-12-4-3-7-16(9-12)13-5-1-2-6-13/h12-13H,1-11H2. The van der Waals surface area contributed by atoms with E-state index in [2.05, 4.69) is 4.90 Å². The molecule has 2 saturated heterocycles. The van der Waals surface area contributed by atoms with Crippen LogP contribution in [0.5, 0.6) is 0 Å². The number of hydrogen-bond acceptors (Lipinski definition) is 3. The average Bonchev–Trinajstić information content (AvgIpc) is 3.01. The lowest BCUT2D eigenvalue weighted by Gasteiger charge is -2.38. The summed E-state index contributed by atoms with van der Waals surface area (Å²) in [5.74, 6) is 0.709. The van der Waals surface area contributed by atoms with E-state index in [1.807, 2.05) is 0 Å². The molecular formula is C15H24N2O2. The van der Waals surface area contributed by atoms with E-state index in [-0.39, 0.29) is 18.1 Å². The van der Waals surface area contributed by atoms with E-state index in [4.69, 9.17) is 0 Å². The van der Waals surface area contributed by atoms with Crippen LogP contribution in [-0.2, 0) is 9.59 Å². The molecule has 1 saturated carbocycles. The first-order valence-electron chi connectivity index (χ1n) is 7.76. The van der Waals surface area contributed by atoms with Gasteiger partial charge in [0.15, 0.2) is 5.78 Å². The summed E-state index contributed by atoms with van der Waals surface area (Å²) >= 11 is 0. The fourth-order valence-electron chi connectivity index (χ4n) is 3.96. The third-order valence-corrected chi connectivity index (χ3v) is 4.94. The molecule has 19 heavy (non-hydrogen) atoms. The fourth-order valence-corrected chi connectivity index (χ4v) is 3.96. The summed E-state index contributed by atoms with van der Waals surface area (Å²) in [5, 5.41) is 0. The molecule has 3 fully saturated rings. The van der Waals surface area contributed by atoms with Crippen molar-refractivity contribution in [2.75, 3.05) is 26.2 Å². The number of piperidine rings is 1. The highest BCUT2D eigenvalue weighted by molar-refractivity contribution is 6.05. The smallest absolute Gasteiger partial charge is 0.230 e. The van der Waals surface area contributed by atoms with Gasteiger partial charge in [0.05, 0.1) is 13.0 Å². The predicted molar refractivity (Wildman–Crippen MR) is 72.8 cm³/mol. The summed E-state index contributed by atoms with van der Waals surface area (Å²) < 4.78 is 0. The Morgan fingerprint density at radius 3 is 2.53 bits per heavy atom. The van der Waals surface area contributed by atoms with Crippen LogP contribution < -0.4 is 0 Å². The van der Waals surface area contributed by atoms with Crippen molar-refractivity contribution in [1.29, 1.82) is 0 Å². The minimum Gasteiger partial charge on any atom is -0.335 e. The molecule has 0 aromatic heterocycles. The molecule has 0 aromatic carbocycles. The molecule has 3 aliphatic rings. The van der Waals surface area contributed by atoms with E-state index in [1.54, 1.807) is 4.90 Å². The number of carbonyl (C=O) groups excluding carboxylic acids is 2. The van der Waals surface area contributed by atoms with Gasteiger partial charge in [-0.15, -0.1) is 0 Å². The summed E-state index contributed by atoms with van der Waals surface area (Å²) in [4.78, 5) is 27.4. The average molecular weight is 264 g/mol. The Kier molecular flexibility index (Phi) is 3.87. The van der Waals surface area contributed by atoms with Gasteiger partial charge in [0.1, 0.15) is 0 Å². The van der Waals surface area contributed by atoms with Crippen LogP contribution >= 0.6 is 0 Å². The molecule has 0 radical (unpaired) electrons. The lowest BCUT2D eigenvalue weighted by Crippen LogP contribution is -2.45. The number of nitrogens with zero attached hydrogens (tertiary/aromatic N) is 2. The van der Waals surface area contributed by atoms with Crippen molar-refractivity contribution in [3.63, 3.8) is 0 Å². The first-order chi connectivity index (χ1) is 9.22. The number of likely N-dealkylation sites (tertiary alicyclic amines) is 2. The zero-order chi connectivity index (χ0) is 13.2. The van der Waals surface area contributed by atoms with Gasteiger partial charge in [-0.1, -0.05) is 12.8 Å². The maximum Gasteiger partial charge on any atom is 0.230 e. The summed E-state index contributed by atoms with van der Waals surface area (Å²) in [6.45, 7) is 3.52. The van der Waals surface area contributed by atoms with Crippen LogP contribution in [0.1, 0.15) is 44.9 Å². The largest absolute Gasteiger partial charge is 0.335 e. The fraction of sp³-hybridized carbons (Fsp3) is 0.867. The molecule has 1 amide bonds. The van der Waals surface area contributed by atoms with Gasteiger partial charge in [0, 0.05) is 19.1 Å². The molecule has 106 valence electrons. The lowest BCUT2D eigenvalue weighted by atomic mass is 9.95. The van der Waals surface area contributed by atoms with Gasteiger partial charge in [0.25, 0.3) is 0 Å². The second-order valence-corrected chi connectivity index (χ2v) is 6.43. The normalized spacial score (nSPS) is 30.5. The second kappa shape index (κ2) is 5.61. The molecule has 4 nitrogen and oxygen atoms in total. The van der Waals surface area contributed by atoms with Crippen LogP contribution in [0.4, 0.5) is 0 Å². The molecular weight excluding hydrogens is 240 g/mol. The molecule has 1 aliphatic carbocycles. The summed E-state index contributed by atoms with van der Waals surface area (Å²) in [6.07, 6.45) is 8.06. The number of hydrogen-bond donors (Lipinski definition) is 0. The number of amides is 1. The van der Waals surface area contributed by atoms with E-state index < -0.39 is 0 Å². The van der Waals surface area contributed by atoms with Crippen LogP contribution in [0.2, 0.25) is 0 Å². The Morgan fingerprint density at radius 1 is 1.05 bits per heavy atom. The molecule has 0 bridgehead atoms. The van der Waals surface area contributed by atoms with Crippen molar-refractivity contribution in [1.82, 2.24) is 9.80 Å². The third kappa shape index (κ3) is 2.99. The van der Waals surface area contributed by atoms with E-state index in [0.29, 0.717) is 12.5 Å². The summed E-state index contributed by atoms with van der Waals surface area (Å²) in [7, 11) is 0. The zero-order valence-corrected chi connectivity index (χ0v) is 11.6. The Labute approximate surface area is 115 Å². The lowest BCUT2D eigenvalue weighted by molar-refractivity contribution is -0.128. The van der Waals surface area contributed by atoms with Gasteiger partial charge in [0.2, 0.25) is 5.91 Å². The molecule has 0 aromatic rings. The molecule has 1 unspecified atom stereocenters. The minimum absolute atomic E-state index is 0.0444. The van der Waals surface area contributed by atoms with E-state index in [0.717, 1.165) is 19.1 Å².